The molecule has 0 spiro atoms. The lowest BCUT2D eigenvalue weighted by molar-refractivity contribution is 0.336. The molecule has 1 heterocycles. The normalized spacial score (nSPS) is 19.2. The van der Waals surface area contributed by atoms with E-state index in [1.165, 1.54) is 12.8 Å². The summed E-state index contributed by atoms with van der Waals surface area (Å²) >= 11 is 1.02. The molecule has 102 valence electrons. The maximum absolute atomic E-state index is 12.2. The third kappa shape index (κ3) is 2.84. The van der Waals surface area contributed by atoms with Gasteiger partial charge < -0.3 is 5.73 Å². The second-order valence-electron chi connectivity index (χ2n) is 5.27. The zero-order chi connectivity index (χ0) is 13.4. The first-order valence-electron chi connectivity index (χ1n) is 6.05. The van der Waals surface area contributed by atoms with Crippen molar-refractivity contribution in [2.24, 2.45) is 5.41 Å². The Balaban J connectivity index is 2.10. The number of nitrogens with one attached hydrogen (secondary N) is 1. The minimum Gasteiger partial charge on any atom is -0.375 e. The number of nitrogen functional groups attached to an aromatic ring is 1. The molecule has 0 aliphatic heterocycles. The molecular formula is C11H19N3O2S2. The summed E-state index contributed by atoms with van der Waals surface area (Å²) in [7, 11) is -3.47. The van der Waals surface area contributed by atoms with Gasteiger partial charge in [0.25, 0.3) is 10.0 Å². The van der Waals surface area contributed by atoms with Crippen LogP contribution >= 0.6 is 11.3 Å². The monoisotopic (exact) mass is 289 g/mol. The van der Waals surface area contributed by atoms with Gasteiger partial charge in [-0.1, -0.05) is 31.1 Å². The summed E-state index contributed by atoms with van der Waals surface area (Å²) in [4.78, 5) is 3.95. The largest absolute Gasteiger partial charge is 0.375 e. The molecule has 0 aromatic carbocycles. The molecule has 0 saturated heterocycles. The molecule has 0 bridgehead atoms. The summed E-state index contributed by atoms with van der Waals surface area (Å²) in [5.41, 5.74) is 6.10. The highest BCUT2D eigenvalue weighted by Gasteiger charge is 2.31. The lowest BCUT2D eigenvalue weighted by Gasteiger charge is -2.23. The number of thiazole rings is 1. The molecule has 1 saturated carbocycles. The van der Waals surface area contributed by atoms with Gasteiger partial charge in [-0.25, -0.2) is 18.1 Å². The fourth-order valence-electron chi connectivity index (χ4n) is 2.39. The average Bonchev–Trinajstić information content (AvgIpc) is 2.84. The average molecular weight is 289 g/mol. The number of nitrogens with two attached hydrogens (primary N) is 1. The third-order valence-electron chi connectivity index (χ3n) is 3.51. The van der Waals surface area contributed by atoms with Crippen LogP contribution in [0.3, 0.4) is 0 Å². The van der Waals surface area contributed by atoms with E-state index in [0.717, 1.165) is 24.2 Å². The van der Waals surface area contributed by atoms with E-state index in [4.69, 9.17) is 5.73 Å². The van der Waals surface area contributed by atoms with Gasteiger partial charge in [0.2, 0.25) is 0 Å². The highest BCUT2D eigenvalue weighted by molar-refractivity contribution is 7.91. The Morgan fingerprint density at radius 1 is 1.44 bits per heavy atom. The Hall–Kier alpha value is -0.660. The second kappa shape index (κ2) is 4.79. The number of aromatic nitrogens is 1. The lowest BCUT2D eigenvalue weighted by atomic mass is 9.89. The topological polar surface area (TPSA) is 85.1 Å². The molecule has 0 amide bonds. The third-order valence-corrected chi connectivity index (χ3v) is 6.51. The van der Waals surface area contributed by atoms with Crippen molar-refractivity contribution in [3.05, 3.63) is 5.69 Å². The van der Waals surface area contributed by atoms with Gasteiger partial charge >= 0.3 is 0 Å². The van der Waals surface area contributed by atoms with Crippen LogP contribution in [0.5, 0.6) is 0 Å². The van der Waals surface area contributed by atoms with Crippen LogP contribution in [-0.2, 0) is 10.0 Å². The van der Waals surface area contributed by atoms with Gasteiger partial charge in [-0.3, -0.25) is 0 Å². The number of aryl methyl sites for hydroxylation is 1. The predicted molar refractivity (Wildman–Crippen MR) is 73.0 cm³/mol. The summed E-state index contributed by atoms with van der Waals surface area (Å²) in [5.74, 6) is 0. The highest BCUT2D eigenvalue weighted by Crippen LogP contribution is 2.37. The van der Waals surface area contributed by atoms with Crippen molar-refractivity contribution in [3.63, 3.8) is 0 Å². The van der Waals surface area contributed by atoms with Gasteiger partial charge in [-0.15, -0.1) is 0 Å². The second-order valence-corrected chi connectivity index (χ2v) is 8.26. The van der Waals surface area contributed by atoms with Crippen molar-refractivity contribution < 1.29 is 8.42 Å². The molecule has 1 aromatic heterocycles. The van der Waals surface area contributed by atoms with E-state index in [2.05, 4.69) is 16.6 Å². The summed E-state index contributed by atoms with van der Waals surface area (Å²) in [6.45, 7) is 4.29. The lowest BCUT2D eigenvalue weighted by Crippen LogP contribution is -2.34. The molecular weight excluding hydrogens is 270 g/mol. The van der Waals surface area contributed by atoms with Gasteiger partial charge in [0.15, 0.2) is 9.34 Å². The molecule has 3 N–H and O–H groups in total. The first-order chi connectivity index (χ1) is 8.32. The van der Waals surface area contributed by atoms with Crippen molar-refractivity contribution >= 4 is 26.5 Å². The first-order valence-corrected chi connectivity index (χ1v) is 8.35. The smallest absolute Gasteiger partial charge is 0.252 e. The summed E-state index contributed by atoms with van der Waals surface area (Å²) < 4.78 is 27.3. The zero-order valence-corrected chi connectivity index (χ0v) is 12.3. The maximum Gasteiger partial charge on any atom is 0.252 e. The Kier molecular flexibility index (Phi) is 3.66. The Morgan fingerprint density at radius 2 is 2.06 bits per heavy atom. The maximum atomic E-state index is 12.2. The Bertz CT molecular complexity index is 530. The number of nitrogens with zero attached hydrogens (tertiary/aromatic N) is 1. The molecule has 0 atom stereocenters. The molecule has 1 aromatic rings. The van der Waals surface area contributed by atoms with Crippen LogP contribution in [0.2, 0.25) is 0 Å². The summed E-state index contributed by atoms with van der Waals surface area (Å²) in [5, 5.41) is 0.292. The van der Waals surface area contributed by atoms with Gasteiger partial charge in [0, 0.05) is 6.54 Å². The number of hydrogen-bond acceptors (Lipinski definition) is 5. The summed E-state index contributed by atoms with van der Waals surface area (Å²) in [6, 6.07) is 0. The Labute approximate surface area is 112 Å². The fraction of sp³-hybridized carbons (Fsp3) is 0.727. The SMILES string of the molecule is Cc1nc(N)sc1S(=O)(=O)NCC1(C)CCCC1. The van der Waals surface area contributed by atoms with E-state index in [-0.39, 0.29) is 9.62 Å². The van der Waals surface area contributed by atoms with Gasteiger partial charge in [0.1, 0.15) is 0 Å². The van der Waals surface area contributed by atoms with Crippen molar-refractivity contribution in [2.45, 2.75) is 43.7 Å². The zero-order valence-electron chi connectivity index (χ0n) is 10.7. The predicted octanol–water partition coefficient (Wildman–Crippen LogP) is 1.89. The Morgan fingerprint density at radius 3 is 2.56 bits per heavy atom. The molecule has 0 radical (unpaired) electrons. The van der Waals surface area contributed by atoms with Crippen LogP contribution in [-0.4, -0.2) is 19.9 Å². The molecule has 1 fully saturated rings. The molecule has 0 unspecified atom stereocenters. The van der Waals surface area contributed by atoms with E-state index in [9.17, 15) is 8.42 Å². The van der Waals surface area contributed by atoms with Crippen LogP contribution in [0.1, 0.15) is 38.3 Å². The van der Waals surface area contributed by atoms with Gasteiger partial charge in [-0.05, 0) is 25.2 Å². The molecule has 1 aliphatic carbocycles. The molecule has 18 heavy (non-hydrogen) atoms. The minimum absolute atomic E-state index is 0.0945. The standard InChI is InChI=1S/C11H19N3O2S2/c1-8-9(17-10(12)14-8)18(15,16)13-7-11(2)5-3-4-6-11/h13H,3-7H2,1-2H3,(H2,12,14). The van der Waals surface area contributed by atoms with E-state index >= 15 is 0 Å². The van der Waals surface area contributed by atoms with Crippen LogP contribution in [0, 0.1) is 12.3 Å². The van der Waals surface area contributed by atoms with Gasteiger partial charge in [-0.2, -0.15) is 0 Å². The fourth-order valence-corrected chi connectivity index (χ4v) is 4.93. The van der Waals surface area contributed by atoms with Crippen molar-refractivity contribution in [2.75, 3.05) is 12.3 Å². The highest BCUT2D eigenvalue weighted by atomic mass is 32.2. The van der Waals surface area contributed by atoms with Crippen LogP contribution in [0.4, 0.5) is 5.13 Å². The van der Waals surface area contributed by atoms with Gasteiger partial charge in [0.05, 0.1) is 5.69 Å². The van der Waals surface area contributed by atoms with Crippen LogP contribution < -0.4 is 10.5 Å². The molecule has 7 heteroatoms. The number of sulfonamides is 1. The molecule has 2 rings (SSSR count). The van der Waals surface area contributed by atoms with Crippen LogP contribution in [0.15, 0.2) is 4.21 Å². The first kappa shape index (κ1) is 13.8. The van der Waals surface area contributed by atoms with Crippen LogP contribution in [0.25, 0.3) is 0 Å². The molecule has 5 nitrogen and oxygen atoms in total. The number of rotatable bonds is 4. The van der Waals surface area contributed by atoms with Crippen molar-refractivity contribution in [1.29, 1.82) is 0 Å². The number of anilines is 1. The number of hydrogen-bond donors (Lipinski definition) is 2. The van der Waals surface area contributed by atoms with E-state index in [1.807, 2.05) is 0 Å². The van der Waals surface area contributed by atoms with Crippen molar-refractivity contribution in [1.82, 2.24) is 9.71 Å². The molecule has 1 aliphatic rings. The summed E-state index contributed by atoms with van der Waals surface area (Å²) in [6.07, 6.45) is 4.54. The van der Waals surface area contributed by atoms with E-state index < -0.39 is 10.0 Å². The van der Waals surface area contributed by atoms with E-state index in [1.54, 1.807) is 6.92 Å². The van der Waals surface area contributed by atoms with E-state index in [0.29, 0.717) is 17.4 Å². The minimum atomic E-state index is -3.47. The van der Waals surface area contributed by atoms with Crippen molar-refractivity contribution in [3.8, 4) is 0 Å². The quantitative estimate of drug-likeness (QED) is 0.886.